The normalized spacial score (nSPS) is 10.1. The predicted molar refractivity (Wildman–Crippen MR) is 63.8 cm³/mol. The van der Waals surface area contributed by atoms with Crippen LogP contribution in [0.1, 0.15) is 0 Å². The molecule has 0 saturated heterocycles. The van der Waals surface area contributed by atoms with Gasteiger partial charge in [0.15, 0.2) is 0 Å². The molecular formula is C10H8BrFN4. The number of nitrogens with zero attached hydrogens (tertiary/aromatic N) is 2. The largest absolute Gasteiger partial charge is 0.384 e. The van der Waals surface area contributed by atoms with Gasteiger partial charge in [-0.25, -0.2) is 9.37 Å². The number of nitrogen functional groups attached to an aromatic ring is 1. The third-order valence-corrected chi connectivity index (χ3v) is 2.35. The minimum atomic E-state index is -0.389. The Labute approximate surface area is 99.9 Å². The van der Waals surface area contributed by atoms with Gasteiger partial charge in [-0.15, -0.1) is 0 Å². The van der Waals surface area contributed by atoms with Gasteiger partial charge in [0.2, 0.25) is 5.95 Å². The molecule has 0 aliphatic rings. The molecule has 0 aliphatic heterocycles. The molecule has 82 valence electrons. The second kappa shape index (κ2) is 4.44. The average Bonchev–Trinajstić information content (AvgIpc) is 2.22. The standard InChI is InChI=1S/C10H8BrFN4/c11-6-1-2-8(7(12)5-6)15-10-14-4-3-9(13)16-10/h1-5H,(H3,13,14,15,16). The lowest BCUT2D eigenvalue weighted by molar-refractivity contribution is 0.631. The van der Waals surface area contributed by atoms with E-state index in [0.29, 0.717) is 16.0 Å². The van der Waals surface area contributed by atoms with Crippen LogP contribution in [0.25, 0.3) is 0 Å². The fourth-order valence-corrected chi connectivity index (χ4v) is 1.48. The summed E-state index contributed by atoms with van der Waals surface area (Å²) in [5, 5.41) is 2.74. The summed E-state index contributed by atoms with van der Waals surface area (Å²) in [6.07, 6.45) is 1.50. The molecule has 16 heavy (non-hydrogen) atoms. The summed E-state index contributed by atoms with van der Waals surface area (Å²) in [5.74, 6) is 0.205. The van der Waals surface area contributed by atoms with Crippen molar-refractivity contribution in [1.82, 2.24) is 9.97 Å². The molecule has 0 radical (unpaired) electrons. The summed E-state index contributed by atoms with van der Waals surface area (Å²) >= 11 is 3.17. The van der Waals surface area contributed by atoms with Crippen molar-refractivity contribution in [1.29, 1.82) is 0 Å². The number of halogens is 2. The molecule has 0 bridgehead atoms. The molecule has 2 aromatic rings. The van der Waals surface area contributed by atoms with Crippen molar-refractivity contribution in [2.75, 3.05) is 11.1 Å². The van der Waals surface area contributed by atoms with E-state index >= 15 is 0 Å². The predicted octanol–water partition coefficient (Wildman–Crippen LogP) is 2.70. The smallest absolute Gasteiger partial charge is 0.229 e. The van der Waals surface area contributed by atoms with Crippen LogP contribution in [0.15, 0.2) is 34.9 Å². The van der Waals surface area contributed by atoms with Gasteiger partial charge in [-0.3, -0.25) is 0 Å². The van der Waals surface area contributed by atoms with Crippen molar-refractivity contribution >= 4 is 33.4 Å². The first-order valence-electron chi connectivity index (χ1n) is 4.46. The molecule has 4 nitrogen and oxygen atoms in total. The molecule has 0 saturated carbocycles. The summed E-state index contributed by atoms with van der Waals surface area (Å²) in [6, 6.07) is 6.22. The van der Waals surface area contributed by atoms with Gasteiger partial charge in [0.1, 0.15) is 11.6 Å². The third-order valence-electron chi connectivity index (χ3n) is 1.85. The number of nitrogens with two attached hydrogens (primary N) is 1. The molecule has 1 heterocycles. The quantitative estimate of drug-likeness (QED) is 0.889. The Hall–Kier alpha value is -1.69. The number of benzene rings is 1. The lowest BCUT2D eigenvalue weighted by Gasteiger charge is -2.06. The highest BCUT2D eigenvalue weighted by molar-refractivity contribution is 9.10. The molecule has 0 aliphatic carbocycles. The Balaban J connectivity index is 2.27. The maximum absolute atomic E-state index is 13.5. The van der Waals surface area contributed by atoms with Gasteiger partial charge in [0, 0.05) is 10.7 Å². The van der Waals surface area contributed by atoms with Gasteiger partial charge in [0.25, 0.3) is 0 Å². The molecular weight excluding hydrogens is 275 g/mol. The molecule has 0 atom stereocenters. The van der Waals surface area contributed by atoms with E-state index in [1.807, 2.05) is 0 Å². The van der Waals surface area contributed by atoms with Crippen LogP contribution in [0.4, 0.5) is 21.8 Å². The van der Waals surface area contributed by atoms with Crippen LogP contribution in [0.5, 0.6) is 0 Å². The molecule has 0 fully saturated rings. The van der Waals surface area contributed by atoms with Gasteiger partial charge in [0.05, 0.1) is 5.69 Å². The monoisotopic (exact) mass is 282 g/mol. The summed E-state index contributed by atoms with van der Waals surface area (Å²) in [7, 11) is 0. The number of nitrogens with one attached hydrogen (secondary N) is 1. The second-order valence-corrected chi connectivity index (χ2v) is 3.97. The summed E-state index contributed by atoms with van der Waals surface area (Å²) in [5.41, 5.74) is 5.78. The van der Waals surface area contributed by atoms with E-state index in [0.717, 1.165) is 0 Å². The Bertz CT molecular complexity index is 518. The topological polar surface area (TPSA) is 63.8 Å². The fourth-order valence-electron chi connectivity index (χ4n) is 1.14. The van der Waals surface area contributed by atoms with E-state index in [2.05, 4.69) is 31.2 Å². The van der Waals surface area contributed by atoms with Gasteiger partial charge in [-0.1, -0.05) is 15.9 Å². The molecule has 0 spiro atoms. The van der Waals surface area contributed by atoms with Crippen LogP contribution in [-0.4, -0.2) is 9.97 Å². The summed E-state index contributed by atoms with van der Waals surface area (Å²) < 4.78 is 14.1. The zero-order valence-corrected chi connectivity index (χ0v) is 9.70. The lowest BCUT2D eigenvalue weighted by atomic mass is 10.3. The minimum Gasteiger partial charge on any atom is -0.384 e. The van der Waals surface area contributed by atoms with E-state index in [4.69, 9.17) is 5.73 Å². The second-order valence-electron chi connectivity index (χ2n) is 3.05. The van der Waals surface area contributed by atoms with Crippen molar-refractivity contribution in [2.45, 2.75) is 0 Å². The van der Waals surface area contributed by atoms with Crippen molar-refractivity contribution in [3.63, 3.8) is 0 Å². The SMILES string of the molecule is Nc1ccnc(Nc2ccc(Br)cc2F)n1. The van der Waals surface area contributed by atoms with Crippen LogP contribution in [0, 0.1) is 5.82 Å². The molecule has 0 unspecified atom stereocenters. The zero-order chi connectivity index (χ0) is 11.5. The van der Waals surface area contributed by atoms with Crippen LogP contribution in [0.2, 0.25) is 0 Å². The minimum absolute atomic E-state index is 0.265. The highest BCUT2D eigenvalue weighted by Gasteiger charge is 2.04. The number of rotatable bonds is 2. The number of aromatic nitrogens is 2. The van der Waals surface area contributed by atoms with Gasteiger partial charge in [-0.2, -0.15) is 4.98 Å². The molecule has 1 aromatic carbocycles. The summed E-state index contributed by atoms with van der Waals surface area (Å²) in [4.78, 5) is 7.83. The molecule has 3 N–H and O–H groups in total. The van der Waals surface area contributed by atoms with Crippen LogP contribution in [0.3, 0.4) is 0 Å². The number of hydrogen-bond acceptors (Lipinski definition) is 4. The molecule has 0 amide bonds. The van der Waals surface area contributed by atoms with E-state index in [1.165, 1.54) is 12.3 Å². The van der Waals surface area contributed by atoms with Crippen LogP contribution >= 0.6 is 15.9 Å². The number of hydrogen-bond donors (Lipinski definition) is 2. The summed E-state index contributed by atoms with van der Waals surface area (Å²) in [6.45, 7) is 0. The van der Waals surface area contributed by atoms with Crippen LogP contribution in [-0.2, 0) is 0 Å². The molecule has 6 heteroatoms. The van der Waals surface area contributed by atoms with Gasteiger partial charge in [-0.05, 0) is 24.3 Å². The van der Waals surface area contributed by atoms with Crippen molar-refractivity contribution in [3.05, 3.63) is 40.8 Å². The lowest BCUT2D eigenvalue weighted by Crippen LogP contribution is -2.00. The first-order valence-corrected chi connectivity index (χ1v) is 5.25. The van der Waals surface area contributed by atoms with E-state index in [-0.39, 0.29) is 11.8 Å². The van der Waals surface area contributed by atoms with Crippen LogP contribution < -0.4 is 11.1 Å². The van der Waals surface area contributed by atoms with Crippen molar-refractivity contribution in [2.24, 2.45) is 0 Å². The third kappa shape index (κ3) is 2.46. The van der Waals surface area contributed by atoms with Crippen molar-refractivity contribution in [3.8, 4) is 0 Å². The van der Waals surface area contributed by atoms with Crippen molar-refractivity contribution < 1.29 is 4.39 Å². The highest BCUT2D eigenvalue weighted by Crippen LogP contribution is 2.21. The Morgan fingerprint density at radius 2 is 2.12 bits per heavy atom. The highest BCUT2D eigenvalue weighted by atomic mass is 79.9. The van der Waals surface area contributed by atoms with Gasteiger partial charge >= 0.3 is 0 Å². The Morgan fingerprint density at radius 3 is 2.81 bits per heavy atom. The average molecular weight is 283 g/mol. The first-order chi connectivity index (χ1) is 7.65. The number of anilines is 3. The molecule has 2 rings (SSSR count). The van der Waals surface area contributed by atoms with Gasteiger partial charge < -0.3 is 11.1 Å². The van der Waals surface area contributed by atoms with E-state index in [9.17, 15) is 4.39 Å². The zero-order valence-electron chi connectivity index (χ0n) is 8.11. The Kier molecular flexibility index (Phi) is 3.00. The Morgan fingerprint density at radius 1 is 1.31 bits per heavy atom. The molecule has 1 aromatic heterocycles. The fraction of sp³-hybridized carbons (Fsp3) is 0. The van der Waals surface area contributed by atoms with E-state index < -0.39 is 0 Å². The van der Waals surface area contributed by atoms with E-state index in [1.54, 1.807) is 18.2 Å². The maximum atomic E-state index is 13.5. The maximum Gasteiger partial charge on any atom is 0.229 e. The first kappa shape index (κ1) is 10.8.